The van der Waals surface area contributed by atoms with Gasteiger partial charge in [0.2, 0.25) is 0 Å². The monoisotopic (exact) mass is 270 g/mol. The molecule has 0 fully saturated rings. The molecule has 0 aliphatic heterocycles. The molecule has 0 saturated heterocycles. The molecule has 2 aromatic heterocycles. The molecule has 0 spiro atoms. The van der Waals surface area contributed by atoms with Crippen molar-refractivity contribution in [2.45, 2.75) is 39.5 Å². The van der Waals surface area contributed by atoms with E-state index < -0.39 is 0 Å². The predicted molar refractivity (Wildman–Crippen MR) is 81.9 cm³/mol. The van der Waals surface area contributed by atoms with Crippen molar-refractivity contribution < 1.29 is 0 Å². The first kappa shape index (κ1) is 14.4. The number of anilines is 1. The molecule has 0 amide bonds. The topological polar surface area (TPSA) is 50.7 Å². The number of rotatable bonds is 4. The molecule has 0 aliphatic carbocycles. The summed E-state index contributed by atoms with van der Waals surface area (Å²) in [6.45, 7) is 9.42. The lowest BCUT2D eigenvalue weighted by molar-refractivity contribution is 0.563. The molecule has 4 heteroatoms. The summed E-state index contributed by atoms with van der Waals surface area (Å²) < 4.78 is 0. The van der Waals surface area contributed by atoms with E-state index in [0.29, 0.717) is 6.42 Å². The third-order valence-corrected chi connectivity index (χ3v) is 2.98. The van der Waals surface area contributed by atoms with Crippen LogP contribution in [-0.4, -0.2) is 21.5 Å². The Balaban J connectivity index is 2.34. The van der Waals surface area contributed by atoms with Crippen molar-refractivity contribution in [3.05, 3.63) is 47.7 Å². The highest BCUT2D eigenvalue weighted by atomic mass is 15.0. The Morgan fingerprint density at radius 3 is 2.60 bits per heavy atom. The Morgan fingerprint density at radius 2 is 2.00 bits per heavy atom. The minimum atomic E-state index is 0.0107. The quantitative estimate of drug-likeness (QED) is 0.927. The summed E-state index contributed by atoms with van der Waals surface area (Å²) in [4.78, 5) is 13.4. The van der Waals surface area contributed by atoms with Crippen molar-refractivity contribution in [1.29, 1.82) is 0 Å². The van der Waals surface area contributed by atoms with Gasteiger partial charge in [-0.05, 0) is 18.6 Å². The SMILES string of the molecule is CCNc1cc(C(C)(C)C)nc(Cc2cccnc2)n1. The molecule has 1 N–H and O–H groups in total. The normalized spacial score (nSPS) is 11.4. The molecule has 2 heterocycles. The van der Waals surface area contributed by atoms with Crippen molar-refractivity contribution >= 4 is 5.82 Å². The van der Waals surface area contributed by atoms with Gasteiger partial charge in [0.25, 0.3) is 0 Å². The summed E-state index contributed by atoms with van der Waals surface area (Å²) in [6, 6.07) is 6.03. The minimum absolute atomic E-state index is 0.0107. The second-order valence-electron chi connectivity index (χ2n) is 5.87. The summed E-state index contributed by atoms with van der Waals surface area (Å²) in [5.74, 6) is 1.73. The van der Waals surface area contributed by atoms with Crippen molar-refractivity contribution in [3.8, 4) is 0 Å². The molecule has 106 valence electrons. The van der Waals surface area contributed by atoms with E-state index in [1.165, 1.54) is 0 Å². The zero-order valence-electron chi connectivity index (χ0n) is 12.6. The third-order valence-electron chi connectivity index (χ3n) is 2.98. The van der Waals surface area contributed by atoms with Crippen molar-refractivity contribution in [2.24, 2.45) is 0 Å². The van der Waals surface area contributed by atoms with E-state index in [9.17, 15) is 0 Å². The third kappa shape index (κ3) is 3.76. The summed E-state index contributed by atoms with van der Waals surface area (Å²) >= 11 is 0. The molecular weight excluding hydrogens is 248 g/mol. The van der Waals surface area contributed by atoms with Gasteiger partial charge in [-0.2, -0.15) is 0 Å². The van der Waals surface area contributed by atoms with Crippen LogP contribution in [0.25, 0.3) is 0 Å². The lowest BCUT2D eigenvalue weighted by Crippen LogP contribution is -2.17. The largest absolute Gasteiger partial charge is 0.370 e. The summed E-state index contributed by atoms with van der Waals surface area (Å²) in [6.07, 6.45) is 4.34. The first-order valence-electron chi connectivity index (χ1n) is 7.00. The fraction of sp³-hybridized carbons (Fsp3) is 0.438. The molecule has 0 aromatic carbocycles. The summed E-state index contributed by atoms with van der Waals surface area (Å²) in [7, 11) is 0. The molecule has 0 bridgehead atoms. The molecule has 2 rings (SSSR count). The van der Waals surface area contributed by atoms with Crippen LogP contribution in [0.5, 0.6) is 0 Å². The van der Waals surface area contributed by atoms with Crippen LogP contribution >= 0.6 is 0 Å². The highest BCUT2D eigenvalue weighted by Gasteiger charge is 2.18. The Hall–Kier alpha value is -1.97. The van der Waals surface area contributed by atoms with E-state index in [4.69, 9.17) is 4.98 Å². The number of nitrogens with zero attached hydrogens (tertiary/aromatic N) is 3. The Kier molecular flexibility index (Phi) is 4.32. The second kappa shape index (κ2) is 5.99. The predicted octanol–water partition coefficient (Wildman–Crippen LogP) is 3.19. The molecule has 0 atom stereocenters. The van der Waals surface area contributed by atoms with Crippen LogP contribution in [0.15, 0.2) is 30.6 Å². The van der Waals surface area contributed by atoms with Crippen molar-refractivity contribution in [3.63, 3.8) is 0 Å². The van der Waals surface area contributed by atoms with Crippen LogP contribution in [0.4, 0.5) is 5.82 Å². The van der Waals surface area contributed by atoms with Crippen LogP contribution in [0.1, 0.15) is 44.8 Å². The van der Waals surface area contributed by atoms with Gasteiger partial charge < -0.3 is 5.32 Å². The summed E-state index contributed by atoms with van der Waals surface area (Å²) in [5.41, 5.74) is 2.19. The molecule has 0 aliphatic rings. The van der Waals surface area contributed by atoms with Gasteiger partial charge in [0.1, 0.15) is 11.6 Å². The summed E-state index contributed by atoms with van der Waals surface area (Å²) in [5, 5.41) is 3.28. The number of pyridine rings is 1. The van der Waals surface area contributed by atoms with Gasteiger partial charge in [-0.3, -0.25) is 4.98 Å². The van der Waals surface area contributed by atoms with E-state index in [2.05, 4.69) is 43.0 Å². The Bertz CT molecular complexity index is 558. The maximum atomic E-state index is 4.70. The van der Waals surface area contributed by atoms with Gasteiger partial charge in [-0.15, -0.1) is 0 Å². The van der Waals surface area contributed by atoms with Crippen LogP contribution < -0.4 is 5.32 Å². The van der Waals surface area contributed by atoms with Crippen molar-refractivity contribution in [1.82, 2.24) is 15.0 Å². The minimum Gasteiger partial charge on any atom is -0.370 e. The van der Waals surface area contributed by atoms with Gasteiger partial charge in [0, 0.05) is 36.8 Å². The zero-order valence-corrected chi connectivity index (χ0v) is 12.6. The standard InChI is InChI=1S/C16H22N4/c1-5-18-14-10-13(16(2,3)4)19-15(20-14)9-12-7-6-8-17-11-12/h6-8,10-11H,5,9H2,1-4H3,(H,18,19,20). The van der Waals surface area contributed by atoms with Crippen LogP contribution in [0.2, 0.25) is 0 Å². The lowest BCUT2D eigenvalue weighted by atomic mass is 9.92. The zero-order chi connectivity index (χ0) is 14.6. The average molecular weight is 270 g/mol. The fourth-order valence-electron chi connectivity index (χ4n) is 1.92. The maximum absolute atomic E-state index is 4.70. The Morgan fingerprint density at radius 1 is 1.20 bits per heavy atom. The van der Waals surface area contributed by atoms with E-state index >= 15 is 0 Å². The maximum Gasteiger partial charge on any atom is 0.135 e. The smallest absolute Gasteiger partial charge is 0.135 e. The molecule has 0 unspecified atom stereocenters. The highest BCUT2D eigenvalue weighted by Crippen LogP contribution is 2.22. The fourth-order valence-corrected chi connectivity index (χ4v) is 1.92. The van der Waals surface area contributed by atoms with Gasteiger partial charge in [-0.1, -0.05) is 26.8 Å². The lowest BCUT2D eigenvalue weighted by Gasteiger charge is -2.19. The van der Waals surface area contributed by atoms with E-state index in [-0.39, 0.29) is 5.41 Å². The average Bonchev–Trinajstić information content (AvgIpc) is 2.39. The van der Waals surface area contributed by atoms with Gasteiger partial charge in [0.05, 0.1) is 5.69 Å². The Labute approximate surface area is 120 Å². The molecule has 20 heavy (non-hydrogen) atoms. The van der Waals surface area contributed by atoms with Crippen LogP contribution in [0, 0.1) is 0 Å². The highest BCUT2D eigenvalue weighted by molar-refractivity contribution is 5.38. The molecule has 2 aromatic rings. The van der Waals surface area contributed by atoms with Crippen LogP contribution in [-0.2, 0) is 11.8 Å². The number of hydrogen-bond acceptors (Lipinski definition) is 4. The first-order chi connectivity index (χ1) is 9.49. The second-order valence-corrected chi connectivity index (χ2v) is 5.87. The van der Waals surface area contributed by atoms with E-state index in [1.807, 2.05) is 24.4 Å². The molecule has 4 nitrogen and oxygen atoms in total. The van der Waals surface area contributed by atoms with E-state index in [0.717, 1.165) is 29.4 Å². The number of aromatic nitrogens is 3. The van der Waals surface area contributed by atoms with Crippen molar-refractivity contribution in [2.75, 3.05) is 11.9 Å². The molecular formula is C16H22N4. The van der Waals surface area contributed by atoms with Gasteiger partial charge in [0.15, 0.2) is 0 Å². The molecule has 0 saturated carbocycles. The van der Waals surface area contributed by atoms with Crippen LogP contribution in [0.3, 0.4) is 0 Å². The molecule has 0 radical (unpaired) electrons. The number of hydrogen-bond donors (Lipinski definition) is 1. The van der Waals surface area contributed by atoms with Gasteiger partial charge >= 0.3 is 0 Å². The van der Waals surface area contributed by atoms with Gasteiger partial charge in [-0.25, -0.2) is 9.97 Å². The number of nitrogens with one attached hydrogen (secondary N) is 1. The first-order valence-corrected chi connectivity index (χ1v) is 7.00. The van der Waals surface area contributed by atoms with E-state index in [1.54, 1.807) is 6.20 Å².